The molecule has 1 aliphatic rings. The van der Waals surface area contributed by atoms with Crippen LogP contribution in [-0.4, -0.2) is 13.7 Å². The first-order valence-corrected chi connectivity index (χ1v) is 6.00. The van der Waals surface area contributed by atoms with E-state index in [0.29, 0.717) is 5.56 Å². The smallest absolute Gasteiger partial charge is 0.172 e. The molecule has 1 N–H and O–H groups in total. The van der Waals surface area contributed by atoms with Crippen molar-refractivity contribution in [3.05, 3.63) is 47.8 Å². The van der Waals surface area contributed by atoms with Crippen LogP contribution in [0, 0.1) is 5.82 Å². The van der Waals surface area contributed by atoms with E-state index in [1.165, 1.54) is 12.7 Å². The van der Waals surface area contributed by atoms with E-state index in [0.717, 1.165) is 24.2 Å². The first kappa shape index (κ1) is 11.1. The number of halogens is 1. The van der Waals surface area contributed by atoms with Crippen LogP contribution in [0.4, 0.5) is 10.1 Å². The van der Waals surface area contributed by atoms with Gasteiger partial charge in [-0.2, -0.15) is 0 Å². The zero-order chi connectivity index (χ0) is 12.5. The van der Waals surface area contributed by atoms with Gasteiger partial charge in [0.2, 0.25) is 0 Å². The van der Waals surface area contributed by atoms with Gasteiger partial charge in [-0.05, 0) is 29.7 Å². The molecule has 1 aliphatic heterocycles. The Morgan fingerprint density at radius 2 is 1.89 bits per heavy atom. The summed E-state index contributed by atoms with van der Waals surface area (Å²) in [6, 6.07) is 11.2. The van der Waals surface area contributed by atoms with Crippen LogP contribution >= 0.6 is 0 Å². The molecule has 0 aliphatic carbocycles. The van der Waals surface area contributed by atoms with Gasteiger partial charge in [-0.1, -0.05) is 24.3 Å². The van der Waals surface area contributed by atoms with Gasteiger partial charge < -0.3 is 10.1 Å². The first-order valence-electron chi connectivity index (χ1n) is 6.00. The molecule has 0 radical (unpaired) electrons. The molecule has 0 fully saturated rings. The second kappa shape index (κ2) is 4.33. The molecule has 18 heavy (non-hydrogen) atoms. The number of hydrogen-bond donors (Lipinski definition) is 1. The maximum absolute atomic E-state index is 14.3. The molecule has 92 valence electrons. The van der Waals surface area contributed by atoms with Gasteiger partial charge in [-0.15, -0.1) is 0 Å². The fraction of sp³-hybridized carbons (Fsp3) is 0.200. The van der Waals surface area contributed by atoms with E-state index in [1.807, 2.05) is 24.3 Å². The van der Waals surface area contributed by atoms with Gasteiger partial charge in [0.1, 0.15) is 0 Å². The predicted octanol–water partition coefficient (Wildman–Crippen LogP) is 3.47. The van der Waals surface area contributed by atoms with Gasteiger partial charge in [0, 0.05) is 17.8 Å². The number of benzene rings is 2. The van der Waals surface area contributed by atoms with Crippen LogP contribution < -0.4 is 10.1 Å². The van der Waals surface area contributed by atoms with Gasteiger partial charge in [0.05, 0.1) is 7.11 Å². The normalized spacial score (nSPS) is 13.0. The molecule has 0 unspecified atom stereocenters. The Kier molecular flexibility index (Phi) is 2.67. The molecule has 0 bridgehead atoms. The zero-order valence-corrected chi connectivity index (χ0v) is 10.2. The summed E-state index contributed by atoms with van der Waals surface area (Å²) in [7, 11) is 1.49. The van der Waals surface area contributed by atoms with Crippen molar-refractivity contribution < 1.29 is 9.13 Å². The van der Waals surface area contributed by atoms with Crippen LogP contribution in [0.25, 0.3) is 11.1 Å². The van der Waals surface area contributed by atoms with E-state index >= 15 is 0 Å². The van der Waals surface area contributed by atoms with Gasteiger partial charge in [0.25, 0.3) is 0 Å². The molecular formula is C15H14FNO. The predicted molar refractivity (Wildman–Crippen MR) is 70.6 cm³/mol. The third kappa shape index (κ3) is 1.63. The van der Waals surface area contributed by atoms with E-state index in [2.05, 4.69) is 5.32 Å². The summed E-state index contributed by atoms with van der Waals surface area (Å²) in [5, 5.41) is 3.30. The van der Waals surface area contributed by atoms with Crippen molar-refractivity contribution in [2.75, 3.05) is 19.0 Å². The standard InChI is InChI=1S/C15H14FNO/c1-18-14-7-3-5-12(15(14)16)10-4-2-6-13-11(10)8-9-17-13/h2-7,17H,8-9H2,1H3. The van der Waals surface area contributed by atoms with Gasteiger partial charge in [-0.25, -0.2) is 4.39 Å². The lowest BCUT2D eigenvalue weighted by atomic mass is 9.97. The highest BCUT2D eigenvalue weighted by atomic mass is 19.1. The molecule has 3 heteroatoms. The first-order chi connectivity index (χ1) is 8.81. The van der Waals surface area contributed by atoms with Gasteiger partial charge >= 0.3 is 0 Å². The molecule has 2 nitrogen and oxygen atoms in total. The van der Waals surface area contributed by atoms with Crippen LogP contribution in [0.1, 0.15) is 5.56 Å². The number of anilines is 1. The second-order valence-electron chi connectivity index (χ2n) is 4.33. The molecule has 0 saturated carbocycles. The van der Waals surface area contributed by atoms with Crippen molar-refractivity contribution in [1.82, 2.24) is 0 Å². The maximum Gasteiger partial charge on any atom is 0.172 e. The van der Waals surface area contributed by atoms with Crippen molar-refractivity contribution in [2.45, 2.75) is 6.42 Å². The minimum Gasteiger partial charge on any atom is -0.494 e. The SMILES string of the molecule is COc1cccc(-c2cccc3c2CCN3)c1F. The van der Waals surface area contributed by atoms with Crippen LogP contribution in [-0.2, 0) is 6.42 Å². The maximum atomic E-state index is 14.3. The van der Waals surface area contributed by atoms with Crippen LogP contribution in [0.5, 0.6) is 5.75 Å². The number of nitrogens with one attached hydrogen (secondary N) is 1. The zero-order valence-electron chi connectivity index (χ0n) is 10.2. The van der Waals surface area contributed by atoms with Crippen molar-refractivity contribution in [3.8, 4) is 16.9 Å². The van der Waals surface area contributed by atoms with Gasteiger partial charge in [0.15, 0.2) is 11.6 Å². The summed E-state index contributed by atoms with van der Waals surface area (Å²) >= 11 is 0. The monoisotopic (exact) mass is 243 g/mol. The molecule has 2 aromatic rings. The Morgan fingerprint density at radius 1 is 1.11 bits per heavy atom. The van der Waals surface area contributed by atoms with E-state index in [9.17, 15) is 4.39 Å². The van der Waals surface area contributed by atoms with Crippen LogP contribution in [0.2, 0.25) is 0 Å². The summed E-state index contributed by atoms with van der Waals surface area (Å²) in [5.74, 6) is -0.00337. The highest BCUT2D eigenvalue weighted by Gasteiger charge is 2.18. The van der Waals surface area contributed by atoms with E-state index in [1.54, 1.807) is 12.1 Å². The molecule has 2 aromatic carbocycles. The van der Waals surface area contributed by atoms with Crippen molar-refractivity contribution in [1.29, 1.82) is 0 Å². The van der Waals surface area contributed by atoms with Crippen molar-refractivity contribution >= 4 is 5.69 Å². The lowest BCUT2D eigenvalue weighted by Gasteiger charge is -2.11. The fourth-order valence-electron chi connectivity index (χ4n) is 2.47. The Hall–Kier alpha value is -2.03. The van der Waals surface area contributed by atoms with E-state index in [-0.39, 0.29) is 11.6 Å². The van der Waals surface area contributed by atoms with Gasteiger partial charge in [-0.3, -0.25) is 0 Å². The Morgan fingerprint density at radius 3 is 2.72 bits per heavy atom. The molecule has 0 atom stereocenters. The Bertz CT molecular complexity index is 595. The third-order valence-corrected chi connectivity index (χ3v) is 3.34. The summed E-state index contributed by atoms with van der Waals surface area (Å²) < 4.78 is 19.3. The topological polar surface area (TPSA) is 21.3 Å². The fourth-order valence-corrected chi connectivity index (χ4v) is 2.47. The quantitative estimate of drug-likeness (QED) is 0.872. The minimum absolute atomic E-state index is 0.288. The average Bonchev–Trinajstić information content (AvgIpc) is 2.87. The number of ether oxygens (including phenoxy) is 1. The lowest BCUT2D eigenvalue weighted by Crippen LogP contribution is -1.93. The molecule has 0 spiro atoms. The minimum atomic E-state index is -0.291. The molecule has 0 aromatic heterocycles. The largest absolute Gasteiger partial charge is 0.494 e. The Labute approximate surface area is 105 Å². The van der Waals surface area contributed by atoms with E-state index in [4.69, 9.17) is 4.74 Å². The number of fused-ring (bicyclic) bond motifs is 1. The van der Waals surface area contributed by atoms with Crippen molar-refractivity contribution in [2.24, 2.45) is 0 Å². The summed E-state index contributed by atoms with van der Waals surface area (Å²) in [6.45, 7) is 0.915. The highest BCUT2D eigenvalue weighted by molar-refractivity contribution is 5.76. The second-order valence-corrected chi connectivity index (χ2v) is 4.33. The summed E-state index contributed by atoms with van der Waals surface area (Å²) in [4.78, 5) is 0. The van der Waals surface area contributed by atoms with E-state index < -0.39 is 0 Å². The van der Waals surface area contributed by atoms with Crippen LogP contribution in [0.3, 0.4) is 0 Å². The molecule has 0 amide bonds. The lowest BCUT2D eigenvalue weighted by molar-refractivity contribution is 0.387. The molecular weight excluding hydrogens is 229 g/mol. The average molecular weight is 243 g/mol. The number of rotatable bonds is 2. The Balaban J connectivity index is 2.19. The number of methoxy groups -OCH3 is 1. The number of hydrogen-bond acceptors (Lipinski definition) is 2. The molecule has 3 rings (SSSR count). The summed E-state index contributed by atoms with van der Waals surface area (Å²) in [5.41, 5.74) is 3.85. The van der Waals surface area contributed by atoms with Crippen LogP contribution in [0.15, 0.2) is 36.4 Å². The third-order valence-electron chi connectivity index (χ3n) is 3.34. The molecule has 0 saturated heterocycles. The highest BCUT2D eigenvalue weighted by Crippen LogP contribution is 2.36. The van der Waals surface area contributed by atoms with Crippen molar-refractivity contribution in [3.63, 3.8) is 0 Å². The molecule has 1 heterocycles. The summed E-state index contributed by atoms with van der Waals surface area (Å²) in [6.07, 6.45) is 0.933.